The van der Waals surface area contributed by atoms with E-state index >= 15 is 0 Å². The van der Waals surface area contributed by atoms with Crippen LogP contribution >= 0.6 is 11.8 Å². The van der Waals surface area contributed by atoms with Crippen molar-refractivity contribution in [2.45, 2.75) is 31.3 Å². The molecule has 0 atom stereocenters. The number of aromatic amines is 1. The number of anilines is 2. The minimum atomic E-state index is -0.279. The number of rotatable bonds is 7. The Morgan fingerprint density at radius 1 is 1.20 bits per heavy atom. The first-order valence-electron chi connectivity index (χ1n) is 8.06. The average Bonchev–Trinajstić information content (AvgIpc) is 3.10. The predicted octanol–water partition coefficient (Wildman–Crippen LogP) is 3.73. The molecule has 130 valence electrons. The van der Waals surface area contributed by atoms with Gasteiger partial charge in [0.05, 0.1) is 12.7 Å². The molecule has 0 saturated carbocycles. The minimum absolute atomic E-state index is 0.279. The van der Waals surface area contributed by atoms with Crippen LogP contribution in [-0.2, 0) is 12.2 Å². The Kier molecular flexibility index (Phi) is 5.55. The molecule has 3 rings (SSSR count). The second kappa shape index (κ2) is 8.02. The third kappa shape index (κ3) is 4.96. The first-order chi connectivity index (χ1) is 12.1. The summed E-state index contributed by atoms with van der Waals surface area (Å²) >= 11 is 1.90. The highest BCUT2D eigenvalue weighted by Gasteiger charge is 2.08. The van der Waals surface area contributed by atoms with Gasteiger partial charge in [0, 0.05) is 11.4 Å². The number of nitrogens with one attached hydrogen (secondary N) is 2. The fraction of sp³-hybridized carbons (Fsp3) is 0.278. The lowest BCUT2D eigenvalue weighted by atomic mass is 10.2. The maximum Gasteiger partial charge on any atom is 0.274 e. The first kappa shape index (κ1) is 17.3. The number of benzene rings is 1. The van der Waals surface area contributed by atoms with Crippen LogP contribution in [0.5, 0.6) is 0 Å². The van der Waals surface area contributed by atoms with Crippen LogP contribution in [0.2, 0.25) is 0 Å². The molecule has 3 aromatic rings. The summed E-state index contributed by atoms with van der Waals surface area (Å²) in [7, 11) is 0. The van der Waals surface area contributed by atoms with Crippen molar-refractivity contribution in [3.8, 4) is 0 Å². The molecule has 7 heteroatoms. The van der Waals surface area contributed by atoms with Gasteiger partial charge in [0.15, 0.2) is 0 Å². The Hall–Kier alpha value is -2.54. The molecule has 0 spiro atoms. The number of nitrogens with zero attached hydrogens (tertiary/aromatic N) is 2. The van der Waals surface area contributed by atoms with Gasteiger partial charge in [-0.25, -0.2) is 0 Å². The highest BCUT2D eigenvalue weighted by Crippen LogP contribution is 2.19. The molecule has 1 aromatic carbocycles. The Bertz CT molecular complexity index is 858. The third-order valence-corrected chi connectivity index (χ3v) is 4.65. The number of hydrogen-bond donors (Lipinski definition) is 2. The zero-order valence-electron chi connectivity index (χ0n) is 14.2. The van der Waals surface area contributed by atoms with Crippen LogP contribution in [0.1, 0.15) is 30.9 Å². The molecule has 0 unspecified atom stereocenters. The Morgan fingerprint density at radius 3 is 2.64 bits per heavy atom. The average molecular weight is 356 g/mol. The molecular weight excluding hydrogens is 336 g/mol. The third-order valence-electron chi connectivity index (χ3n) is 3.49. The summed E-state index contributed by atoms with van der Waals surface area (Å²) in [6, 6.07) is 11.6. The molecule has 0 radical (unpaired) electrons. The van der Waals surface area contributed by atoms with Gasteiger partial charge < -0.3 is 9.73 Å². The van der Waals surface area contributed by atoms with Gasteiger partial charge in [0.25, 0.3) is 5.56 Å². The summed E-state index contributed by atoms with van der Waals surface area (Å²) in [6.45, 7) is 4.37. The Morgan fingerprint density at radius 2 is 2.00 bits per heavy atom. The lowest BCUT2D eigenvalue weighted by Gasteiger charge is -2.08. The van der Waals surface area contributed by atoms with E-state index in [-0.39, 0.29) is 5.56 Å². The van der Waals surface area contributed by atoms with Crippen LogP contribution < -0.4 is 10.9 Å². The van der Waals surface area contributed by atoms with Gasteiger partial charge in [-0.2, -0.15) is 11.8 Å². The SMILES string of the molecule is CC(C)SCc1ccc(Nc2nnc(Cc3ccco3)c(=O)[nH]2)cc1. The number of furan rings is 1. The van der Waals surface area contributed by atoms with Gasteiger partial charge in [0.1, 0.15) is 11.5 Å². The summed E-state index contributed by atoms with van der Waals surface area (Å²) in [5.41, 5.74) is 2.15. The normalized spacial score (nSPS) is 11.0. The topological polar surface area (TPSA) is 83.8 Å². The highest BCUT2D eigenvalue weighted by atomic mass is 32.2. The van der Waals surface area contributed by atoms with E-state index in [0.29, 0.717) is 29.1 Å². The molecule has 2 N–H and O–H groups in total. The number of aromatic nitrogens is 3. The molecule has 0 aliphatic heterocycles. The monoisotopic (exact) mass is 356 g/mol. The van der Waals surface area contributed by atoms with E-state index in [0.717, 1.165) is 11.4 Å². The van der Waals surface area contributed by atoms with Crippen molar-refractivity contribution in [2.24, 2.45) is 0 Å². The summed E-state index contributed by atoms with van der Waals surface area (Å²) in [4.78, 5) is 14.8. The zero-order valence-corrected chi connectivity index (χ0v) is 15.0. The second-order valence-corrected chi connectivity index (χ2v) is 7.45. The van der Waals surface area contributed by atoms with Crippen LogP contribution in [0.4, 0.5) is 11.6 Å². The van der Waals surface area contributed by atoms with E-state index in [4.69, 9.17) is 4.42 Å². The zero-order chi connectivity index (χ0) is 17.6. The Balaban J connectivity index is 1.64. The molecular formula is C18H20N4O2S. The lowest BCUT2D eigenvalue weighted by Crippen LogP contribution is -2.18. The molecule has 0 fully saturated rings. The van der Waals surface area contributed by atoms with Gasteiger partial charge in [-0.05, 0) is 35.1 Å². The van der Waals surface area contributed by atoms with E-state index in [1.54, 1.807) is 18.4 Å². The van der Waals surface area contributed by atoms with Crippen LogP contribution in [-0.4, -0.2) is 20.4 Å². The van der Waals surface area contributed by atoms with E-state index < -0.39 is 0 Å². The minimum Gasteiger partial charge on any atom is -0.469 e. The quantitative estimate of drug-likeness (QED) is 0.671. The first-order valence-corrected chi connectivity index (χ1v) is 9.11. The molecule has 6 nitrogen and oxygen atoms in total. The standard InChI is InChI=1S/C18H20N4O2S/c1-12(2)25-11-13-5-7-14(8-6-13)19-18-20-17(23)16(21-22-18)10-15-4-3-9-24-15/h3-9,12H,10-11H2,1-2H3,(H2,19,20,22,23). The summed E-state index contributed by atoms with van der Waals surface area (Å²) in [5.74, 6) is 1.98. The van der Waals surface area contributed by atoms with Gasteiger partial charge in [-0.3, -0.25) is 9.78 Å². The van der Waals surface area contributed by atoms with E-state index in [2.05, 4.69) is 46.5 Å². The summed E-state index contributed by atoms with van der Waals surface area (Å²) in [5, 5.41) is 11.7. The van der Waals surface area contributed by atoms with Crippen molar-refractivity contribution < 1.29 is 4.42 Å². The maximum atomic E-state index is 12.1. The van der Waals surface area contributed by atoms with Crippen molar-refractivity contribution >= 4 is 23.4 Å². The van der Waals surface area contributed by atoms with Gasteiger partial charge >= 0.3 is 0 Å². The number of H-pyrrole nitrogens is 1. The van der Waals surface area contributed by atoms with Crippen LogP contribution in [0, 0.1) is 0 Å². The molecule has 2 heterocycles. The highest BCUT2D eigenvalue weighted by molar-refractivity contribution is 7.99. The predicted molar refractivity (Wildman–Crippen MR) is 100 cm³/mol. The fourth-order valence-electron chi connectivity index (χ4n) is 2.19. The summed E-state index contributed by atoms with van der Waals surface area (Å²) in [6.07, 6.45) is 1.88. The molecule has 0 bridgehead atoms. The molecule has 0 saturated heterocycles. The van der Waals surface area contributed by atoms with Crippen molar-refractivity contribution in [3.63, 3.8) is 0 Å². The van der Waals surface area contributed by atoms with E-state index in [9.17, 15) is 4.79 Å². The van der Waals surface area contributed by atoms with Crippen LogP contribution in [0.15, 0.2) is 51.9 Å². The lowest BCUT2D eigenvalue weighted by molar-refractivity contribution is 0.517. The second-order valence-electron chi connectivity index (χ2n) is 5.89. The molecule has 0 aliphatic carbocycles. The van der Waals surface area contributed by atoms with Crippen LogP contribution in [0.25, 0.3) is 0 Å². The van der Waals surface area contributed by atoms with Crippen molar-refractivity contribution in [1.82, 2.24) is 15.2 Å². The van der Waals surface area contributed by atoms with E-state index in [1.165, 1.54) is 5.56 Å². The van der Waals surface area contributed by atoms with Crippen molar-refractivity contribution in [2.75, 3.05) is 5.32 Å². The van der Waals surface area contributed by atoms with E-state index in [1.807, 2.05) is 23.9 Å². The summed E-state index contributed by atoms with van der Waals surface area (Å²) < 4.78 is 5.23. The van der Waals surface area contributed by atoms with Gasteiger partial charge in [0.2, 0.25) is 5.95 Å². The maximum absolute atomic E-state index is 12.1. The number of hydrogen-bond acceptors (Lipinski definition) is 6. The Labute approximate surface area is 150 Å². The molecule has 2 aromatic heterocycles. The molecule has 0 amide bonds. The smallest absolute Gasteiger partial charge is 0.274 e. The van der Waals surface area contributed by atoms with Gasteiger partial charge in [-0.1, -0.05) is 26.0 Å². The van der Waals surface area contributed by atoms with Crippen molar-refractivity contribution in [1.29, 1.82) is 0 Å². The molecule has 0 aliphatic rings. The van der Waals surface area contributed by atoms with Crippen molar-refractivity contribution in [3.05, 3.63) is 70.0 Å². The molecule has 25 heavy (non-hydrogen) atoms. The largest absolute Gasteiger partial charge is 0.469 e. The number of thioether (sulfide) groups is 1. The van der Waals surface area contributed by atoms with Gasteiger partial charge in [-0.15, -0.1) is 10.2 Å². The fourth-order valence-corrected chi connectivity index (χ4v) is 2.91. The van der Waals surface area contributed by atoms with Crippen LogP contribution in [0.3, 0.4) is 0 Å².